The van der Waals surface area contributed by atoms with E-state index in [1.165, 1.54) is 0 Å². The Kier molecular flexibility index (Phi) is 4.90. The largest absolute Gasteiger partial charge is 0.424 e. The molecular weight excluding hydrogens is 252 g/mol. The fraction of sp³-hybridized carbons (Fsp3) is 0.333. The van der Waals surface area contributed by atoms with Gasteiger partial charge in [-0.2, -0.15) is 0 Å². The Bertz CT molecular complexity index is 540. The molecule has 2 rings (SSSR count). The first-order chi connectivity index (χ1) is 9.69. The second-order valence-corrected chi connectivity index (χ2v) is 4.65. The molecule has 0 aliphatic heterocycles. The molecule has 1 N–H and O–H groups in total. The molecule has 0 saturated carbocycles. The lowest BCUT2D eigenvalue weighted by molar-refractivity contribution is 0.441. The molecule has 0 aliphatic rings. The van der Waals surface area contributed by atoms with Crippen LogP contribution in [0.25, 0.3) is 0 Å². The molecule has 0 aliphatic carbocycles. The summed E-state index contributed by atoms with van der Waals surface area (Å²) in [4.78, 5) is 10.4. The molecule has 1 aromatic carbocycles. The Morgan fingerprint density at radius 3 is 2.60 bits per heavy atom. The van der Waals surface area contributed by atoms with Crippen molar-refractivity contribution < 1.29 is 4.74 Å². The van der Waals surface area contributed by atoms with Crippen LogP contribution in [0.1, 0.15) is 12.5 Å². The molecule has 0 unspecified atom stereocenters. The van der Waals surface area contributed by atoms with E-state index in [0.29, 0.717) is 6.01 Å². The van der Waals surface area contributed by atoms with Crippen LogP contribution in [-0.4, -0.2) is 30.6 Å². The van der Waals surface area contributed by atoms with Crippen molar-refractivity contribution in [2.24, 2.45) is 0 Å². The van der Waals surface area contributed by atoms with Crippen molar-refractivity contribution in [3.8, 4) is 11.8 Å². The van der Waals surface area contributed by atoms with Gasteiger partial charge in [0.05, 0.1) is 0 Å². The van der Waals surface area contributed by atoms with Crippen molar-refractivity contribution >= 4 is 5.69 Å². The van der Waals surface area contributed by atoms with Gasteiger partial charge < -0.3 is 15.0 Å². The predicted octanol–water partition coefficient (Wildman–Crippen LogP) is 2.44. The van der Waals surface area contributed by atoms with Crippen molar-refractivity contribution in [3.05, 3.63) is 42.2 Å². The van der Waals surface area contributed by atoms with E-state index in [2.05, 4.69) is 22.2 Å². The number of aromatic nitrogens is 2. The maximum Gasteiger partial charge on any atom is 0.321 e. The number of hydrogen-bond donors (Lipinski definition) is 1. The van der Waals surface area contributed by atoms with Gasteiger partial charge in [-0.05, 0) is 18.7 Å². The highest BCUT2D eigenvalue weighted by Gasteiger charge is 2.03. The van der Waals surface area contributed by atoms with E-state index in [1.54, 1.807) is 12.4 Å². The van der Waals surface area contributed by atoms with Gasteiger partial charge in [-0.3, -0.25) is 0 Å². The van der Waals surface area contributed by atoms with Gasteiger partial charge >= 0.3 is 6.01 Å². The van der Waals surface area contributed by atoms with Crippen molar-refractivity contribution in [1.29, 1.82) is 0 Å². The van der Waals surface area contributed by atoms with Crippen molar-refractivity contribution in [2.45, 2.75) is 13.5 Å². The highest BCUT2D eigenvalue weighted by Crippen LogP contribution is 2.22. The summed E-state index contributed by atoms with van der Waals surface area (Å²) in [5.74, 6) is 0.732. The summed E-state index contributed by atoms with van der Waals surface area (Å²) in [5, 5.41) is 3.23. The quantitative estimate of drug-likeness (QED) is 0.875. The van der Waals surface area contributed by atoms with Crippen LogP contribution in [0.5, 0.6) is 11.8 Å². The maximum absolute atomic E-state index is 5.66. The Morgan fingerprint density at radius 1 is 1.20 bits per heavy atom. The monoisotopic (exact) mass is 272 g/mol. The third-order valence-corrected chi connectivity index (χ3v) is 2.80. The molecule has 106 valence electrons. The summed E-state index contributed by atoms with van der Waals surface area (Å²) in [6.45, 7) is 3.76. The summed E-state index contributed by atoms with van der Waals surface area (Å²) in [7, 11) is 3.98. The van der Waals surface area contributed by atoms with Crippen LogP contribution >= 0.6 is 0 Å². The zero-order chi connectivity index (χ0) is 14.4. The van der Waals surface area contributed by atoms with Gasteiger partial charge in [-0.15, -0.1) is 0 Å². The first kappa shape index (κ1) is 14.3. The van der Waals surface area contributed by atoms with Crippen LogP contribution in [0.3, 0.4) is 0 Å². The van der Waals surface area contributed by atoms with Crippen LogP contribution in [0, 0.1) is 0 Å². The number of nitrogens with one attached hydrogen (secondary N) is 1. The number of benzene rings is 1. The van der Waals surface area contributed by atoms with Crippen molar-refractivity contribution in [2.75, 3.05) is 25.5 Å². The third kappa shape index (κ3) is 3.93. The van der Waals surface area contributed by atoms with Gasteiger partial charge in [-0.1, -0.05) is 13.0 Å². The number of rotatable bonds is 6. The highest BCUT2D eigenvalue weighted by atomic mass is 16.5. The number of ether oxygens (including phenoxy) is 1. The van der Waals surface area contributed by atoms with Crippen LogP contribution < -0.4 is 15.0 Å². The molecule has 0 atom stereocenters. The molecule has 2 aromatic rings. The van der Waals surface area contributed by atoms with Crippen LogP contribution in [-0.2, 0) is 6.54 Å². The second kappa shape index (κ2) is 6.86. The summed E-state index contributed by atoms with van der Waals surface area (Å²) < 4.78 is 5.66. The van der Waals surface area contributed by atoms with Gasteiger partial charge in [0.1, 0.15) is 5.75 Å². The topological polar surface area (TPSA) is 50.3 Å². The predicted molar refractivity (Wildman–Crippen MR) is 80.3 cm³/mol. The number of anilines is 1. The number of hydrogen-bond acceptors (Lipinski definition) is 5. The average Bonchev–Trinajstić information content (AvgIpc) is 2.47. The van der Waals surface area contributed by atoms with E-state index in [4.69, 9.17) is 4.74 Å². The first-order valence-corrected chi connectivity index (χ1v) is 6.66. The van der Waals surface area contributed by atoms with Crippen LogP contribution in [0.4, 0.5) is 5.69 Å². The first-order valence-electron chi connectivity index (χ1n) is 6.66. The van der Waals surface area contributed by atoms with E-state index in [-0.39, 0.29) is 0 Å². The van der Waals surface area contributed by atoms with Gasteiger partial charge in [0, 0.05) is 50.4 Å². The SMILES string of the molecule is CCNCc1cnc(Oc2cccc(N(C)C)c2)nc1. The minimum absolute atomic E-state index is 0.362. The maximum atomic E-state index is 5.66. The zero-order valence-corrected chi connectivity index (χ0v) is 12.1. The summed E-state index contributed by atoms with van der Waals surface area (Å²) in [6, 6.07) is 8.18. The molecular formula is C15H20N4O. The van der Waals surface area contributed by atoms with Crippen molar-refractivity contribution in [1.82, 2.24) is 15.3 Å². The zero-order valence-electron chi connectivity index (χ0n) is 12.1. The molecule has 0 spiro atoms. The van der Waals surface area contributed by atoms with Crippen molar-refractivity contribution in [3.63, 3.8) is 0 Å². The van der Waals surface area contributed by atoms with E-state index in [1.807, 2.05) is 43.3 Å². The lowest BCUT2D eigenvalue weighted by Crippen LogP contribution is -2.12. The van der Waals surface area contributed by atoms with Gasteiger partial charge in [0.2, 0.25) is 0 Å². The standard InChI is InChI=1S/C15H20N4O/c1-4-16-9-12-10-17-15(18-11-12)20-14-7-5-6-13(8-14)19(2)3/h5-8,10-11,16H,4,9H2,1-3H3. The Hall–Kier alpha value is -2.14. The highest BCUT2D eigenvalue weighted by molar-refractivity contribution is 5.49. The molecule has 0 bridgehead atoms. The van der Waals surface area contributed by atoms with E-state index < -0.39 is 0 Å². The average molecular weight is 272 g/mol. The molecule has 0 saturated heterocycles. The minimum Gasteiger partial charge on any atom is -0.424 e. The van der Waals surface area contributed by atoms with Gasteiger partial charge in [-0.25, -0.2) is 9.97 Å². The lowest BCUT2D eigenvalue weighted by atomic mass is 10.3. The van der Waals surface area contributed by atoms with Gasteiger partial charge in [0.15, 0.2) is 0 Å². The Balaban J connectivity index is 2.04. The number of nitrogens with zero attached hydrogens (tertiary/aromatic N) is 3. The molecule has 1 heterocycles. The van der Waals surface area contributed by atoms with Crippen LogP contribution in [0.15, 0.2) is 36.7 Å². The Morgan fingerprint density at radius 2 is 1.95 bits per heavy atom. The van der Waals surface area contributed by atoms with Crippen LogP contribution in [0.2, 0.25) is 0 Å². The molecule has 0 fully saturated rings. The second-order valence-electron chi connectivity index (χ2n) is 4.65. The minimum atomic E-state index is 0.362. The van der Waals surface area contributed by atoms with E-state index >= 15 is 0 Å². The fourth-order valence-corrected chi connectivity index (χ4v) is 1.69. The molecule has 5 nitrogen and oxygen atoms in total. The smallest absolute Gasteiger partial charge is 0.321 e. The molecule has 0 radical (unpaired) electrons. The van der Waals surface area contributed by atoms with Gasteiger partial charge in [0.25, 0.3) is 0 Å². The molecule has 1 aromatic heterocycles. The summed E-state index contributed by atoms with van der Waals surface area (Å²) >= 11 is 0. The molecule has 20 heavy (non-hydrogen) atoms. The third-order valence-electron chi connectivity index (χ3n) is 2.80. The lowest BCUT2D eigenvalue weighted by Gasteiger charge is -2.13. The molecule has 5 heteroatoms. The van der Waals surface area contributed by atoms with E-state index in [9.17, 15) is 0 Å². The fourth-order valence-electron chi connectivity index (χ4n) is 1.69. The van der Waals surface area contributed by atoms with E-state index in [0.717, 1.165) is 30.1 Å². The molecule has 0 amide bonds. The summed E-state index contributed by atoms with van der Waals surface area (Å²) in [6.07, 6.45) is 3.56. The Labute approximate surface area is 119 Å². The summed E-state index contributed by atoms with van der Waals surface area (Å²) in [5.41, 5.74) is 2.12. The normalized spacial score (nSPS) is 10.3.